The molecule has 0 saturated carbocycles. The lowest BCUT2D eigenvalue weighted by atomic mass is 9.80. The van der Waals surface area contributed by atoms with Crippen LogP contribution in [0, 0.1) is 12.8 Å². The number of hydrogen-bond acceptors (Lipinski definition) is 17. The van der Waals surface area contributed by atoms with Crippen molar-refractivity contribution in [2.45, 2.75) is 161 Å². The second-order valence-electron chi connectivity index (χ2n) is 32.0. The van der Waals surface area contributed by atoms with E-state index in [4.69, 9.17) is 24.0 Å². The smallest absolute Gasteiger partial charge is 0.365 e. The highest BCUT2D eigenvalue weighted by Crippen LogP contribution is 2.35. The molecule has 0 amide bonds. The van der Waals surface area contributed by atoms with E-state index < -0.39 is 23.6 Å². The molecule has 17 nitrogen and oxygen atoms in total. The summed E-state index contributed by atoms with van der Waals surface area (Å²) in [5.41, 5.74) is 15.9. The lowest BCUT2D eigenvalue weighted by molar-refractivity contribution is -0.140. The molecule has 2 aliphatic heterocycles. The molecule has 1 aromatic heterocycles. The Hall–Kier alpha value is -12.7. The molecule has 2 atom stereocenters. The number of morpholine rings is 1. The average molecular weight is 1690 g/mol. The Labute approximate surface area is 740 Å². The van der Waals surface area contributed by atoms with Crippen LogP contribution in [-0.2, 0) is 49.9 Å². The van der Waals surface area contributed by atoms with Gasteiger partial charge in [-0.3, -0.25) is 24.1 Å². The first kappa shape index (κ1) is 93.0. The monoisotopic (exact) mass is 1690 g/mol. The molecule has 0 N–H and O–H groups in total. The molecular formula is C107H114N6O11S. The number of likely N-dealkylation sites (N-methyl/N-ethyl adjacent to an activating group) is 1. The number of fused-ring (bicyclic) bond motifs is 4. The number of Topliss-reactive ketones (excluding diaryl/α,β-unsaturated/α-hetero) is 3. The predicted octanol–water partition coefficient (Wildman–Crippen LogP) is 23.7. The van der Waals surface area contributed by atoms with Crippen molar-refractivity contribution in [1.82, 2.24) is 9.47 Å². The lowest BCUT2D eigenvalue weighted by Crippen LogP contribution is -2.52. The van der Waals surface area contributed by atoms with Crippen molar-refractivity contribution in [1.29, 1.82) is 0 Å². The van der Waals surface area contributed by atoms with Gasteiger partial charge in [0.15, 0.2) is 17.7 Å². The van der Waals surface area contributed by atoms with Crippen LogP contribution in [0.2, 0.25) is 0 Å². The number of carbonyl (C=O) groups is 6. The highest BCUT2D eigenvalue weighted by atomic mass is 32.2. The van der Waals surface area contributed by atoms with E-state index in [2.05, 4.69) is 126 Å². The number of para-hydroxylation sites is 1. The zero-order chi connectivity index (χ0) is 88.8. The molecule has 3 heterocycles. The third kappa shape index (κ3) is 25.7. The number of ketones is 4. The fourth-order valence-electron chi connectivity index (χ4n) is 15.1. The Bertz CT molecular complexity index is 5720. The van der Waals surface area contributed by atoms with Crippen molar-refractivity contribution in [2.24, 2.45) is 21.4 Å². The van der Waals surface area contributed by atoms with Gasteiger partial charge in [-0.15, -0.1) is 0 Å². The quantitative estimate of drug-likeness (QED) is 0.00940. The maximum absolute atomic E-state index is 13.6. The fraction of sp³-hybridized carbons (Fsp3) is 0.280. The second-order valence-corrected chi connectivity index (χ2v) is 33.2. The first-order chi connectivity index (χ1) is 60.5. The fourth-order valence-corrected chi connectivity index (χ4v) is 16.0. The average Bonchev–Trinajstić information content (AvgIpc) is 1.60. The SMILES string of the molecule is C=C(C)O/N=C(\C)c1ccc2c(c1)c1cc(C(=O)c3ccccc3C)ccc1n2CC.CC(=O)O/N=C(\CCC(C)C)c1ccc(Cc2ccc(C(=O)C3Cc4ccccc4O3)cc2)cc1.CCC(Cc1ccccc1)(C(=O)c1ccc(N2CCOCC2)cc1)N(C)C.CCCCCC/C(=N/OC(=O)c1ccccc1)C(=O)c1ccc(Sc2ccccc2)cc1. The molecule has 11 aromatic carbocycles. The van der Waals surface area contributed by atoms with Crippen molar-refractivity contribution >= 4 is 91.5 Å². The Morgan fingerprint density at radius 2 is 1.12 bits per heavy atom. The molecule has 18 heteroatoms. The van der Waals surface area contributed by atoms with Gasteiger partial charge in [0.1, 0.15) is 17.2 Å². The Morgan fingerprint density at radius 1 is 0.552 bits per heavy atom. The van der Waals surface area contributed by atoms with Crippen LogP contribution in [0.4, 0.5) is 5.69 Å². The molecular weight excluding hydrogens is 1580 g/mol. The van der Waals surface area contributed by atoms with E-state index in [1.807, 2.05) is 210 Å². The highest BCUT2D eigenvalue weighted by molar-refractivity contribution is 7.99. The summed E-state index contributed by atoms with van der Waals surface area (Å²) in [5.74, 6) is 0.916. The van der Waals surface area contributed by atoms with Crippen LogP contribution in [0.5, 0.6) is 5.75 Å². The van der Waals surface area contributed by atoms with Crippen LogP contribution in [0.15, 0.2) is 311 Å². The summed E-state index contributed by atoms with van der Waals surface area (Å²) >= 11 is 1.64. The molecule has 1 saturated heterocycles. The molecule has 14 rings (SSSR count). The third-order valence-electron chi connectivity index (χ3n) is 22.3. The van der Waals surface area contributed by atoms with Gasteiger partial charge in [0, 0.05) is 98.1 Å². The number of hydrogen-bond donors (Lipinski definition) is 0. The Balaban J connectivity index is 0.000000163. The first-order valence-corrected chi connectivity index (χ1v) is 44.0. The third-order valence-corrected chi connectivity index (χ3v) is 23.3. The van der Waals surface area contributed by atoms with Crippen molar-refractivity contribution in [3.8, 4) is 5.75 Å². The van der Waals surface area contributed by atoms with E-state index in [9.17, 15) is 28.8 Å². The Morgan fingerprint density at radius 3 is 1.72 bits per heavy atom. The first-order valence-electron chi connectivity index (χ1n) is 43.2. The molecule has 0 aliphatic carbocycles. The second kappa shape index (κ2) is 46.1. The number of rotatable bonds is 33. The largest absolute Gasteiger partial charge is 0.482 e. The highest BCUT2D eigenvalue weighted by Gasteiger charge is 2.40. The number of allylic oxidation sites excluding steroid dienone is 1. The lowest BCUT2D eigenvalue weighted by Gasteiger charge is -2.38. The summed E-state index contributed by atoms with van der Waals surface area (Å²) in [6, 6.07) is 88.3. The summed E-state index contributed by atoms with van der Waals surface area (Å²) in [7, 11) is 4.01. The molecule has 644 valence electrons. The molecule has 0 radical (unpaired) electrons. The van der Waals surface area contributed by atoms with Gasteiger partial charge in [0.05, 0.1) is 35.7 Å². The van der Waals surface area contributed by atoms with Gasteiger partial charge in [-0.2, -0.15) is 0 Å². The van der Waals surface area contributed by atoms with Crippen LogP contribution in [0.1, 0.15) is 203 Å². The number of aromatic nitrogens is 1. The van der Waals surface area contributed by atoms with E-state index >= 15 is 0 Å². The van der Waals surface area contributed by atoms with E-state index in [0.29, 0.717) is 53.2 Å². The van der Waals surface area contributed by atoms with Crippen LogP contribution in [-0.4, -0.2) is 114 Å². The van der Waals surface area contributed by atoms with Crippen LogP contribution < -0.4 is 9.64 Å². The number of nitrogens with zero attached hydrogens (tertiary/aromatic N) is 6. The molecule has 125 heavy (non-hydrogen) atoms. The van der Waals surface area contributed by atoms with Gasteiger partial charge in [-0.05, 0) is 241 Å². The van der Waals surface area contributed by atoms with E-state index in [-0.39, 0.29) is 28.8 Å². The van der Waals surface area contributed by atoms with Crippen molar-refractivity contribution in [3.05, 3.63) is 358 Å². The summed E-state index contributed by atoms with van der Waals surface area (Å²) in [6.45, 7) is 25.6. The topological polar surface area (TPSA) is 197 Å². The standard InChI is InChI=1S/C30H31NO4.C27H26N2O2.C27H27NO3S.C23H30N2O2/c1-20(2)8-17-27(31-35-21(3)32)24-13-9-22(10-14-24)18-23-11-15-25(16-12-23)30(33)29-19-26-6-4-5-7-28(26)34-29;1-6-29-25-13-11-20(19(5)28-31-17(2)3)15-23(25)24-16-21(12-14-26(24)29)27(30)22-10-8-7-9-18(22)4;1-2-3-4-11-16-25(28-31-27(30)22-12-7-5-8-13-22)26(29)21-17-19-24(20-18-21)32-23-14-9-6-10-15-23;1-4-23(24(2)3,18-19-8-6-5-7-9-19)22(26)20-10-12-21(13-11-20)25-14-16-27-17-15-25/h4-7,9-16,20,29H,8,17-19H2,1-3H3;7-16H,2,6H2,1,3-5H3;5-10,12-15,17-20H,2-4,11,16H2,1H3;5-13H,4,14-18H2,1-3H3/b31-27+;28-19+;28-25-;. The van der Waals surface area contributed by atoms with Crippen molar-refractivity contribution in [2.75, 3.05) is 45.3 Å². The van der Waals surface area contributed by atoms with E-state index in [1.54, 1.807) is 55.1 Å². The van der Waals surface area contributed by atoms with Crippen molar-refractivity contribution < 1.29 is 52.8 Å². The minimum atomic E-state index is -0.570. The van der Waals surface area contributed by atoms with Crippen LogP contribution >= 0.6 is 11.8 Å². The summed E-state index contributed by atoms with van der Waals surface area (Å²) in [5, 5.41) is 14.4. The minimum Gasteiger partial charge on any atom is -0.482 e. The number of anilines is 1. The van der Waals surface area contributed by atoms with Gasteiger partial charge in [-0.1, -0.05) is 245 Å². The summed E-state index contributed by atoms with van der Waals surface area (Å²) in [6.07, 6.45) is 8.59. The zero-order valence-electron chi connectivity index (χ0n) is 73.7. The maximum Gasteiger partial charge on any atom is 0.365 e. The number of benzene rings is 11. The molecule has 12 aromatic rings. The number of ether oxygens (including phenoxy) is 2. The molecule has 0 bridgehead atoms. The molecule has 1 fully saturated rings. The molecule has 2 unspecified atom stereocenters. The summed E-state index contributed by atoms with van der Waals surface area (Å²) in [4.78, 5) is 98.1. The molecule has 2 aliphatic rings. The van der Waals surface area contributed by atoms with Crippen molar-refractivity contribution in [3.63, 3.8) is 0 Å². The number of aryl methyl sites for hydroxylation is 2. The Kier molecular flexibility index (Phi) is 34.3. The number of carbonyl (C=O) groups excluding carboxylic acids is 6. The molecule has 0 spiro atoms. The predicted molar refractivity (Wildman–Crippen MR) is 505 cm³/mol. The van der Waals surface area contributed by atoms with E-state index in [1.165, 1.54) is 12.5 Å². The minimum absolute atomic E-state index is 0.0121. The van der Waals surface area contributed by atoms with Gasteiger partial charge in [0.2, 0.25) is 11.6 Å². The van der Waals surface area contributed by atoms with Gasteiger partial charge in [-0.25, -0.2) is 9.59 Å². The number of unbranched alkanes of at least 4 members (excludes halogenated alkanes) is 3. The maximum atomic E-state index is 13.6. The van der Waals surface area contributed by atoms with E-state index in [0.717, 1.165) is 183 Å². The van der Waals surface area contributed by atoms with Gasteiger partial charge < -0.3 is 33.5 Å². The zero-order valence-corrected chi connectivity index (χ0v) is 74.6. The summed E-state index contributed by atoms with van der Waals surface area (Å²) < 4.78 is 13.5. The van der Waals surface area contributed by atoms with Gasteiger partial charge in [0.25, 0.3) is 0 Å². The number of oxime groups is 3. The van der Waals surface area contributed by atoms with Gasteiger partial charge >= 0.3 is 11.9 Å². The normalized spacial score (nSPS) is 13.7. The van der Waals surface area contributed by atoms with Crippen LogP contribution in [0.25, 0.3) is 21.8 Å². The van der Waals surface area contributed by atoms with Crippen LogP contribution in [0.3, 0.4) is 0 Å².